The Morgan fingerprint density at radius 1 is 1.37 bits per heavy atom. The van der Waals surface area contributed by atoms with Crippen molar-refractivity contribution < 1.29 is 4.79 Å². The maximum absolute atomic E-state index is 12.1. The number of carbonyl (C=O) groups excluding carboxylic acids is 1. The van der Waals surface area contributed by atoms with Crippen LogP contribution >= 0.6 is 31.9 Å². The van der Waals surface area contributed by atoms with Crippen LogP contribution in [0.2, 0.25) is 0 Å². The fourth-order valence-corrected chi connectivity index (χ4v) is 3.42. The van der Waals surface area contributed by atoms with Crippen LogP contribution in [0.3, 0.4) is 0 Å². The molecule has 0 radical (unpaired) electrons. The summed E-state index contributed by atoms with van der Waals surface area (Å²) < 4.78 is -0.289. The standard InChI is InChI=1S/C14H16Br2N2O/c1-9-6-4-5-7-11(9)10(2)17-18-12(19)13(3)8-14(13,15)16/h4-7H,8H2,1-3H3,(H,18,19)/b17-10-/t13-/m0/s1. The van der Waals surface area contributed by atoms with Crippen molar-refractivity contribution in [1.29, 1.82) is 0 Å². The Balaban J connectivity index is 2.08. The number of aryl methyl sites for hydroxylation is 1. The van der Waals surface area contributed by atoms with Crippen LogP contribution in [0.25, 0.3) is 0 Å². The largest absolute Gasteiger partial charge is 0.272 e. The van der Waals surface area contributed by atoms with Crippen LogP contribution in [0.15, 0.2) is 29.4 Å². The third-order valence-corrected chi connectivity index (χ3v) is 5.93. The summed E-state index contributed by atoms with van der Waals surface area (Å²) in [6, 6.07) is 7.98. The molecular weight excluding hydrogens is 372 g/mol. The summed E-state index contributed by atoms with van der Waals surface area (Å²) in [7, 11) is 0. The molecule has 1 atom stereocenters. The maximum Gasteiger partial charge on any atom is 0.248 e. The van der Waals surface area contributed by atoms with Crippen molar-refractivity contribution in [3.8, 4) is 0 Å². The summed E-state index contributed by atoms with van der Waals surface area (Å²) in [5, 5.41) is 4.20. The number of hydrogen-bond acceptors (Lipinski definition) is 2. The van der Waals surface area contributed by atoms with Gasteiger partial charge in [-0.3, -0.25) is 4.79 Å². The molecule has 3 nitrogen and oxygen atoms in total. The van der Waals surface area contributed by atoms with Crippen LogP contribution in [0.5, 0.6) is 0 Å². The average molecular weight is 388 g/mol. The van der Waals surface area contributed by atoms with Crippen LogP contribution < -0.4 is 5.43 Å². The first-order valence-electron chi connectivity index (χ1n) is 6.06. The summed E-state index contributed by atoms with van der Waals surface area (Å²) in [6.45, 7) is 5.83. The molecule has 1 aromatic rings. The molecular formula is C14H16Br2N2O. The molecule has 1 saturated carbocycles. The second-order valence-electron chi connectivity index (χ2n) is 5.17. The molecule has 1 aliphatic rings. The highest BCUT2D eigenvalue weighted by Gasteiger charge is 2.66. The Labute approximate surface area is 130 Å². The predicted octanol–water partition coefficient (Wildman–Crippen LogP) is 3.73. The summed E-state index contributed by atoms with van der Waals surface area (Å²) in [5.74, 6) is -0.0748. The van der Waals surface area contributed by atoms with E-state index in [1.807, 2.05) is 45.0 Å². The van der Waals surface area contributed by atoms with E-state index in [9.17, 15) is 4.79 Å². The van der Waals surface area contributed by atoms with E-state index in [2.05, 4.69) is 42.4 Å². The molecule has 0 saturated heterocycles. The van der Waals surface area contributed by atoms with E-state index in [-0.39, 0.29) is 9.14 Å². The molecule has 0 aliphatic heterocycles. The van der Waals surface area contributed by atoms with Gasteiger partial charge in [0.25, 0.3) is 0 Å². The van der Waals surface area contributed by atoms with Crippen LogP contribution in [0, 0.1) is 12.3 Å². The van der Waals surface area contributed by atoms with Crippen molar-refractivity contribution in [3.63, 3.8) is 0 Å². The van der Waals surface area contributed by atoms with Crippen molar-refractivity contribution in [1.82, 2.24) is 5.43 Å². The molecule has 19 heavy (non-hydrogen) atoms. The lowest BCUT2D eigenvalue weighted by Gasteiger charge is -2.11. The molecule has 102 valence electrons. The first kappa shape index (κ1) is 14.7. The molecule has 0 aromatic heterocycles. The highest BCUT2D eigenvalue weighted by atomic mass is 79.9. The van der Waals surface area contributed by atoms with Gasteiger partial charge in [-0.15, -0.1) is 0 Å². The maximum atomic E-state index is 12.1. The highest BCUT2D eigenvalue weighted by Crippen LogP contribution is 2.66. The SMILES string of the molecule is C/C(=N/NC(=O)[C@]1(C)CC1(Br)Br)c1ccccc1C. The van der Waals surface area contributed by atoms with E-state index in [1.165, 1.54) is 0 Å². The normalized spacial score (nSPS) is 25.0. The van der Waals surface area contributed by atoms with Crippen molar-refractivity contribution >= 4 is 43.5 Å². The Hall–Kier alpha value is -0.680. The molecule has 0 heterocycles. The number of benzene rings is 1. The van der Waals surface area contributed by atoms with E-state index < -0.39 is 5.41 Å². The van der Waals surface area contributed by atoms with Gasteiger partial charge in [-0.25, -0.2) is 5.43 Å². The smallest absolute Gasteiger partial charge is 0.248 e. The van der Waals surface area contributed by atoms with Gasteiger partial charge in [0, 0.05) is 5.56 Å². The second kappa shape index (κ2) is 5.02. The number of rotatable bonds is 3. The molecule has 0 unspecified atom stereocenters. The zero-order chi connectivity index (χ0) is 14.3. The number of halogens is 2. The number of carbonyl (C=O) groups is 1. The van der Waals surface area contributed by atoms with Gasteiger partial charge in [0.1, 0.15) is 0 Å². The Morgan fingerprint density at radius 2 is 1.95 bits per heavy atom. The first-order valence-corrected chi connectivity index (χ1v) is 7.65. The summed E-state index contributed by atoms with van der Waals surface area (Å²) in [6.07, 6.45) is 0.755. The van der Waals surface area contributed by atoms with Gasteiger partial charge in [-0.1, -0.05) is 56.1 Å². The summed E-state index contributed by atoms with van der Waals surface area (Å²) >= 11 is 6.96. The Morgan fingerprint density at radius 3 is 2.47 bits per heavy atom. The topological polar surface area (TPSA) is 41.5 Å². The van der Waals surface area contributed by atoms with Crippen LogP contribution in [0.4, 0.5) is 0 Å². The number of hydrogen-bond donors (Lipinski definition) is 1. The number of hydrazone groups is 1. The number of alkyl halides is 2. The molecule has 2 rings (SSSR count). The third-order valence-electron chi connectivity index (χ3n) is 3.62. The van der Waals surface area contributed by atoms with Crippen molar-refractivity contribution in [2.45, 2.75) is 30.4 Å². The van der Waals surface area contributed by atoms with Gasteiger partial charge < -0.3 is 0 Å². The second-order valence-corrected chi connectivity index (χ2v) is 8.94. The van der Waals surface area contributed by atoms with E-state index in [0.29, 0.717) is 0 Å². The lowest BCUT2D eigenvalue weighted by Crippen LogP contribution is -2.30. The van der Waals surface area contributed by atoms with E-state index in [1.54, 1.807) is 0 Å². The van der Waals surface area contributed by atoms with Gasteiger partial charge >= 0.3 is 0 Å². The van der Waals surface area contributed by atoms with Crippen LogP contribution in [-0.2, 0) is 4.79 Å². The first-order chi connectivity index (χ1) is 8.78. The predicted molar refractivity (Wildman–Crippen MR) is 84.8 cm³/mol. The van der Waals surface area contributed by atoms with Gasteiger partial charge in [-0.2, -0.15) is 5.10 Å². The quantitative estimate of drug-likeness (QED) is 0.479. The minimum atomic E-state index is -0.442. The molecule has 0 spiro atoms. The molecule has 1 amide bonds. The zero-order valence-electron chi connectivity index (χ0n) is 11.1. The van der Waals surface area contributed by atoms with E-state index >= 15 is 0 Å². The Kier molecular flexibility index (Phi) is 3.89. The third kappa shape index (κ3) is 2.77. The monoisotopic (exact) mass is 386 g/mol. The van der Waals surface area contributed by atoms with Crippen LogP contribution in [0.1, 0.15) is 31.4 Å². The van der Waals surface area contributed by atoms with Crippen molar-refractivity contribution in [3.05, 3.63) is 35.4 Å². The fourth-order valence-electron chi connectivity index (χ4n) is 1.94. The lowest BCUT2D eigenvalue weighted by atomic mass is 10.1. The molecule has 5 heteroatoms. The lowest BCUT2D eigenvalue weighted by molar-refractivity contribution is -0.125. The summed E-state index contributed by atoms with van der Waals surface area (Å²) in [5.41, 5.74) is 5.22. The van der Waals surface area contributed by atoms with Gasteiger partial charge in [0.2, 0.25) is 5.91 Å². The van der Waals surface area contributed by atoms with Crippen molar-refractivity contribution in [2.75, 3.05) is 0 Å². The van der Waals surface area contributed by atoms with Crippen LogP contribution in [-0.4, -0.2) is 14.9 Å². The van der Waals surface area contributed by atoms with Crippen molar-refractivity contribution in [2.24, 2.45) is 10.5 Å². The number of nitrogens with zero attached hydrogens (tertiary/aromatic N) is 1. The van der Waals surface area contributed by atoms with Gasteiger partial charge in [0.15, 0.2) is 0 Å². The molecule has 1 fully saturated rings. The number of amides is 1. The van der Waals surface area contributed by atoms with Gasteiger partial charge in [0.05, 0.1) is 14.4 Å². The fraction of sp³-hybridized carbons (Fsp3) is 0.429. The van der Waals surface area contributed by atoms with E-state index in [4.69, 9.17) is 0 Å². The Bertz CT molecular complexity index is 554. The minimum absolute atomic E-state index is 0.0748. The molecule has 1 N–H and O–H groups in total. The van der Waals surface area contributed by atoms with Gasteiger partial charge in [-0.05, 0) is 32.8 Å². The molecule has 1 aliphatic carbocycles. The molecule has 0 bridgehead atoms. The minimum Gasteiger partial charge on any atom is -0.272 e. The average Bonchev–Trinajstić information content (AvgIpc) is 2.87. The molecule has 1 aromatic carbocycles. The van der Waals surface area contributed by atoms with E-state index in [0.717, 1.165) is 23.3 Å². The highest BCUT2D eigenvalue weighted by molar-refractivity contribution is 9.25. The zero-order valence-corrected chi connectivity index (χ0v) is 14.3. The summed E-state index contributed by atoms with van der Waals surface area (Å²) in [4.78, 5) is 12.1. The number of nitrogens with one attached hydrogen (secondary N) is 1.